The van der Waals surface area contributed by atoms with E-state index in [1.54, 1.807) is 29.7 Å². The van der Waals surface area contributed by atoms with Crippen molar-refractivity contribution in [3.63, 3.8) is 0 Å². The lowest BCUT2D eigenvalue weighted by Gasteiger charge is -2.13. The third kappa shape index (κ3) is 2.67. The normalized spacial score (nSPS) is 12.2. The molecule has 3 aromatic heterocycles. The van der Waals surface area contributed by atoms with Crippen molar-refractivity contribution in [3.05, 3.63) is 70.7 Å². The summed E-state index contributed by atoms with van der Waals surface area (Å²) in [6, 6.07) is 11.1. The van der Waals surface area contributed by atoms with Gasteiger partial charge in [-0.25, -0.2) is 0 Å². The Balaban J connectivity index is 1.73. The van der Waals surface area contributed by atoms with E-state index in [0.717, 1.165) is 10.6 Å². The molecule has 0 spiro atoms. The van der Waals surface area contributed by atoms with Crippen molar-refractivity contribution in [2.24, 2.45) is 0 Å². The number of furan rings is 2. The molecular weight excluding hydrogens is 274 g/mol. The van der Waals surface area contributed by atoms with Crippen molar-refractivity contribution in [1.29, 1.82) is 0 Å². The highest BCUT2D eigenvalue weighted by atomic mass is 32.1. The van der Waals surface area contributed by atoms with Crippen LogP contribution < -0.4 is 5.32 Å². The third-order valence-corrected chi connectivity index (χ3v) is 3.97. The van der Waals surface area contributed by atoms with Crippen molar-refractivity contribution in [1.82, 2.24) is 5.32 Å². The molecule has 0 aliphatic heterocycles. The predicted octanol–water partition coefficient (Wildman–Crippen LogP) is 3.50. The average molecular weight is 287 g/mol. The molecule has 0 aliphatic rings. The maximum absolute atomic E-state index is 11.9. The van der Waals surface area contributed by atoms with Gasteiger partial charge in [-0.15, -0.1) is 11.3 Å². The predicted molar refractivity (Wildman–Crippen MR) is 75.9 cm³/mol. The Kier molecular flexibility index (Phi) is 3.69. The fourth-order valence-corrected chi connectivity index (χ4v) is 2.85. The average Bonchev–Trinajstić information content (AvgIpc) is 3.22. The number of thiophene rings is 1. The first kappa shape index (κ1) is 12.7. The lowest BCUT2D eigenvalue weighted by Crippen LogP contribution is -2.28. The van der Waals surface area contributed by atoms with Gasteiger partial charge in [0, 0.05) is 11.4 Å². The van der Waals surface area contributed by atoms with Crippen LogP contribution in [0.15, 0.2) is 63.1 Å². The van der Waals surface area contributed by atoms with Crippen LogP contribution in [-0.4, -0.2) is 12.5 Å². The van der Waals surface area contributed by atoms with Crippen LogP contribution in [0.2, 0.25) is 0 Å². The molecule has 1 amide bonds. The molecule has 1 atom stereocenters. The van der Waals surface area contributed by atoms with Crippen LogP contribution in [0, 0.1) is 0 Å². The van der Waals surface area contributed by atoms with Gasteiger partial charge in [0.1, 0.15) is 5.76 Å². The number of carbonyl (C=O) groups is 1. The van der Waals surface area contributed by atoms with Gasteiger partial charge in [-0.1, -0.05) is 6.07 Å². The molecular formula is C15H13NO3S. The highest BCUT2D eigenvalue weighted by Crippen LogP contribution is 2.28. The molecule has 0 saturated heterocycles. The van der Waals surface area contributed by atoms with Gasteiger partial charge in [0.2, 0.25) is 0 Å². The maximum Gasteiger partial charge on any atom is 0.287 e. The van der Waals surface area contributed by atoms with E-state index >= 15 is 0 Å². The highest BCUT2D eigenvalue weighted by molar-refractivity contribution is 7.10. The Hall–Kier alpha value is -2.27. The summed E-state index contributed by atoms with van der Waals surface area (Å²) in [6.45, 7) is 0.466. The molecule has 20 heavy (non-hydrogen) atoms. The highest BCUT2D eigenvalue weighted by Gasteiger charge is 2.19. The van der Waals surface area contributed by atoms with E-state index in [0.29, 0.717) is 12.3 Å². The van der Waals surface area contributed by atoms with Gasteiger partial charge in [-0.2, -0.15) is 0 Å². The zero-order valence-corrected chi connectivity index (χ0v) is 11.4. The van der Waals surface area contributed by atoms with E-state index in [4.69, 9.17) is 8.83 Å². The Bertz CT molecular complexity index is 607. The van der Waals surface area contributed by atoms with Gasteiger partial charge in [0.25, 0.3) is 5.91 Å². The molecule has 0 aliphatic carbocycles. The van der Waals surface area contributed by atoms with Gasteiger partial charge >= 0.3 is 0 Å². The molecule has 3 heterocycles. The second-order valence-electron chi connectivity index (χ2n) is 4.27. The molecule has 5 heteroatoms. The number of rotatable bonds is 5. The Labute approximate surface area is 120 Å². The molecule has 3 aromatic rings. The minimum absolute atomic E-state index is 0.0175. The van der Waals surface area contributed by atoms with Crippen molar-refractivity contribution in [3.8, 4) is 0 Å². The SMILES string of the molecule is O=C(NC[C@@H](c1ccco1)c1cccs1)c1ccco1. The zero-order valence-electron chi connectivity index (χ0n) is 10.6. The summed E-state index contributed by atoms with van der Waals surface area (Å²) in [7, 11) is 0. The van der Waals surface area contributed by atoms with E-state index in [1.807, 2.05) is 29.6 Å². The smallest absolute Gasteiger partial charge is 0.287 e. The van der Waals surface area contributed by atoms with Gasteiger partial charge in [0.05, 0.1) is 18.4 Å². The molecule has 3 rings (SSSR count). The fourth-order valence-electron chi connectivity index (χ4n) is 2.01. The number of carbonyl (C=O) groups excluding carboxylic acids is 1. The standard InChI is InChI=1S/C15H13NO3S/c17-15(13-5-2-8-19-13)16-10-11(12-4-1-7-18-12)14-6-3-9-20-14/h1-9,11H,10H2,(H,16,17)/t11-/m0/s1. The quantitative estimate of drug-likeness (QED) is 0.781. The van der Waals surface area contributed by atoms with E-state index in [9.17, 15) is 4.79 Å². The first-order chi connectivity index (χ1) is 9.84. The van der Waals surface area contributed by atoms with Gasteiger partial charge < -0.3 is 14.2 Å². The number of hydrogen-bond donors (Lipinski definition) is 1. The van der Waals surface area contributed by atoms with Crippen LogP contribution in [0.3, 0.4) is 0 Å². The van der Waals surface area contributed by atoms with E-state index in [2.05, 4.69) is 5.32 Å². The second-order valence-corrected chi connectivity index (χ2v) is 5.25. The van der Waals surface area contributed by atoms with Crippen LogP contribution in [0.4, 0.5) is 0 Å². The maximum atomic E-state index is 11.9. The molecule has 0 fully saturated rings. The monoisotopic (exact) mass is 287 g/mol. The Morgan fingerprint density at radius 2 is 2.00 bits per heavy atom. The zero-order chi connectivity index (χ0) is 13.8. The molecule has 1 N–H and O–H groups in total. The molecule has 0 radical (unpaired) electrons. The first-order valence-corrected chi connectivity index (χ1v) is 7.11. The Morgan fingerprint density at radius 1 is 1.15 bits per heavy atom. The van der Waals surface area contributed by atoms with Crippen LogP contribution in [0.1, 0.15) is 27.1 Å². The van der Waals surface area contributed by atoms with Crippen molar-refractivity contribution in [2.45, 2.75) is 5.92 Å². The summed E-state index contributed by atoms with van der Waals surface area (Å²) in [5.74, 6) is 0.952. The van der Waals surface area contributed by atoms with Crippen LogP contribution in [0.5, 0.6) is 0 Å². The summed E-state index contributed by atoms with van der Waals surface area (Å²) < 4.78 is 10.6. The third-order valence-electron chi connectivity index (χ3n) is 2.98. The summed E-state index contributed by atoms with van der Waals surface area (Å²) in [6.07, 6.45) is 3.13. The lowest BCUT2D eigenvalue weighted by molar-refractivity contribution is 0.0924. The van der Waals surface area contributed by atoms with Crippen molar-refractivity contribution >= 4 is 17.2 Å². The minimum Gasteiger partial charge on any atom is -0.469 e. The van der Waals surface area contributed by atoms with Gasteiger partial charge in [-0.05, 0) is 35.7 Å². The van der Waals surface area contributed by atoms with E-state index in [-0.39, 0.29) is 11.8 Å². The summed E-state index contributed by atoms with van der Waals surface area (Å²) in [5, 5.41) is 4.89. The van der Waals surface area contributed by atoms with Crippen LogP contribution >= 0.6 is 11.3 Å². The topological polar surface area (TPSA) is 55.4 Å². The summed E-state index contributed by atoms with van der Waals surface area (Å²) in [5.41, 5.74) is 0. The molecule has 0 aromatic carbocycles. The van der Waals surface area contributed by atoms with Crippen LogP contribution in [0.25, 0.3) is 0 Å². The largest absolute Gasteiger partial charge is 0.469 e. The van der Waals surface area contributed by atoms with E-state index < -0.39 is 0 Å². The van der Waals surface area contributed by atoms with Gasteiger partial charge in [0.15, 0.2) is 5.76 Å². The summed E-state index contributed by atoms with van der Waals surface area (Å²) >= 11 is 1.64. The Morgan fingerprint density at radius 3 is 2.65 bits per heavy atom. The molecule has 0 unspecified atom stereocenters. The van der Waals surface area contributed by atoms with E-state index in [1.165, 1.54) is 6.26 Å². The lowest BCUT2D eigenvalue weighted by atomic mass is 10.0. The number of nitrogens with one attached hydrogen (secondary N) is 1. The summed E-state index contributed by atoms with van der Waals surface area (Å²) in [4.78, 5) is 13.1. The van der Waals surface area contributed by atoms with Gasteiger partial charge in [-0.3, -0.25) is 4.79 Å². The molecule has 102 valence electrons. The van der Waals surface area contributed by atoms with Crippen LogP contribution in [-0.2, 0) is 0 Å². The number of amides is 1. The fraction of sp³-hybridized carbons (Fsp3) is 0.133. The van der Waals surface area contributed by atoms with Crippen molar-refractivity contribution < 1.29 is 13.6 Å². The molecule has 4 nitrogen and oxygen atoms in total. The minimum atomic E-state index is -0.219. The molecule has 0 saturated carbocycles. The number of hydrogen-bond acceptors (Lipinski definition) is 4. The second kappa shape index (κ2) is 5.79. The first-order valence-electron chi connectivity index (χ1n) is 6.23. The van der Waals surface area contributed by atoms with Crippen molar-refractivity contribution in [2.75, 3.05) is 6.54 Å². The molecule has 0 bridgehead atoms.